The lowest BCUT2D eigenvalue weighted by atomic mass is 10.0. The molecule has 0 fully saturated rings. The van der Waals surface area contributed by atoms with E-state index in [4.69, 9.17) is 4.74 Å². The van der Waals surface area contributed by atoms with E-state index in [2.05, 4.69) is 22.4 Å². The van der Waals surface area contributed by atoms with Gasteiger partial charge in [-0.2, -0.15) is 10.4 Å². The van der Waals surface area contributed by atoms with E-state index < -0.39 is 5.91 Å². The lowest BCUT2D eigenvalue weighted by Gasteiger charge is -2.09. The molecule has 2 N–H and O–H groups in total. The number of benzene rings is 2. The summed E-state index contributed by atoms with van der Waals surface area (Å²) in [6.07, 6.45) is 4.08. The number of hydrogen-bond acceptors (Lipinski definition) is 4. The number of aromatic amines is 1. The number of para-hydroxylation sites is 2. The Labute approximate surface area is 163 Å². The van der Waals surface area contributed by atoms with Crippen LogP contribution in [0.4, 0.5) is 5.69 Å². The number of amides is 1. The molecule has 1 aromatic heterocycles. The van der Waals surface area contributed by atoms with Crippen LogP contribution >= 0.6 is 0 Å². The summed E-state index contributed by atoms with van der Waals surface area (Å²) < 4.78 is 5.23. The maximum atomic E-state index is 12.6. The van der Waals surface area contributed by atoms with Crippen LogP contribution in [0.15, 0.2) is 60.3 Å². The van der Waals surface area contributed by atoms with Gasteiger partial charge in [0.15, 0.2) is 0 Å². The van der Waals surface area contributed by atoms with Crippen molar-refractivity contribution in [2.45, 2.75) is 13.3 Å². The summed E-state index contributed by atoms with van der Waals surface area (Å²) in [4.78, 5) is 12.6. The van der Waals surface area contributed by atoms with E-state index in [0.717, 1.165) is 17.7 Å². The lowest BCUT2D eigenvalue weighted by molar-refractivity contribution is -0.112. The number of nitrogens with zero attached hydrogens (tertiary/aromatic N) is 2. The Balaban J connectivity index is 1.88. The minimum absolute atomic E-state index is 0.0289. The fourth-order valence-corrected chi connectivity index (χ4v) is 2.78. The van der Waals surface area contributed by atoms with E-state index in [1.165, 1.54) is 18.7 Å². The van der Waals surface area contributed by atoms with Crippen molar-refractivity contribution >= 4 is 17.7 Å². The van der Waals surface area contributed by atoms with Crippen molar-refractivity contribution in [3.8, 4) is 23.1 Å². The number of anilines is 1. The molecule has 0 aliphatic carbocycles. The van der Waals surface area contributed by atoms with Gasteiger partial charge in [-0.05, 0) is 30.2 Å². The molecule has 0 saturated heterocycles. The number of H-pyrrole nitrogens is 1. The fraction of sp³-hybridized carbons (Fsp3) is 0.136. The van der Waals surface area contributed by atoms with Gasteiger partial charge in [0.1, 0.15) is 17.4 Å². The van der Waals surface area contributed by atoms with Gasteiger partial charge in [-0.1, -0.05) is 43.3 Å². The molecule has 1 amide bonds. The van der Waals surface area contributed by atoms with Crippen molar-refractivity contribution < 1.29 is 9.53 Å². The maximum Gasteiger partial charge on any atom is 0.266 e. The molecular weight excluding hydrogens is 352 g/mol. The molecule has 6 heteroatoms. The van der Waals surface area contributed by atoms with Gasteiger partial charge in [0, 0.05) is 11.1 Å². The van der Waals surface area contributed by atoms with Crippen molar-refractivity contribution in [2.75, 3.05) is 12.4 Å². The Bertz CT molecular complexity index is 1040. The highest BCUT2D eigenvalue weighted by Crippen LogP contribution is 2.26. The zero-order valence-electron chi connectivity index (χ0n) is 15.7. The Hall–Kier alpha value is -3.85. The van der Waals surface area contributed by atoms with E-state index in [-0.39, 0.29) is 5.57 Å². The smallest absolute Gasteiger partial charge is 0.266 e. The van der Waals surface area contributed by atoms with Gasteiger partial charge < -0.3 is 10.1 Å². The van der Waals surface area contributed by atoms with Gasteiger partial charge in [0.05, 0.1) is 24.7 Å². The zero-order chi connectivity index (χ0) is 19.9. The van der Waals surface area contributed by atoms with Crippen LogP contribution in [0.25, 0.3) is 17.3 Å². The summed E-state index contributed by atoms with van der Waals surface area (Å²) in [6.45, 7) is 2.10. The molecule has 140 valence electrons. The lowest BCUT2D eigenvalue weighted by Crippen LogP contribution is -2.14. The molecular formula is C22H20N4O2. The molecule has 0 spiro atoms. The predicted molar refractivity (Wildman–Crippen MR) is 109 cm³/mol. The van der Waals surface area contributed by atoms with Crippen LogP contribution in [0.3, 0.4) is 0 Å². The molecule has 0 bridgehead atoms. The van der Waals surface area contributed by atoms with Crippen LogP contribution < -0.4 is 10.1 Å². The highest BCUT2D eigenvalue weighted by molar-refractivity contribution is 6.10. The van der Waals surface area contributed by atoms with Crippen LogP contribution in [0.1, 0.15) is 18.1 Å². The first-order chi connectivity index (χ1) is 13.7. The fourth-order valence-electron chi connectivity index (χ4n) is 2.78. The van der Waals surface area contributed by atoms with Gasteiger partial charge in [-0.15, -0.1) is 0 Å². The summed E-state index contributed by atoms with van der Waals surface area (Å²) >= 11 is 0. The standard InChI is InChI=1S/C22H20N4O2/c1-3-15-8-10-16(11-9-15)21-18(14-24-26-21)12-17(13-23)22(27)25-19-6-4-5-7-20(19)28-2/h4-12,14H,3H2,1-2H3,(H,24,26)(H,25,27). The summed E-state index contributed by atoms with van der Waals surface area (Å²) in [5, 5.41) is 19.2. The molecule has 3 rings (SSSR count). The number of nitriles is 1. The molecule has 28 heavy (non-hydrogen) atoms. The number of aryl methyl sites for hydroxylation is 1. The quantitative estimate of drug-likeness (QED) is 0.501. The molecule has 0 saturated carbocycles. The molecule has 2 aromatic carbocycles. The van der Waals surface area contributed by atoms with Gasteiger partial charge in [0.25, 0.3) is 5.91 Å². The maximum absolute atomic E-state index is 12.6. The van der Waals surface area contributed by atoms with Gasteiger partial charge in [-0.3, -0.25) is 9.89 Å². The summed E-state index contributed by atoms with van der Waals surface area (Å²) in [6, 6.07) is 17.1. The average molecular weight is 372 g/mol. The van der Waals surface area contributed by atoms with Crippen molar-refractivity contribution in [3.63, 3.8) is 0 Å². The topological polar surface area (TPSA) is 90.8 Å². The molecule has 0 aliphatic rings. The van der Waals surface area contributed by atoms with Crippen LogP contribution in [-0.2, 0) is 11.2 Å². The molecule has 0 atom stereocenters. The van der Waals surface area contributed by atoms with Crippen LogP contribution in [0.2, 0.25) is 0 Å². The Morgan fingerprint density at radius 1 is 1.25 bits per heavy atom. The first-order valence-electron chi connectivity index (χ1n) is 8.85. The minimum atomic E-state index is -0.513. The monoisotopic (exact) mass is 372 g/mol. The Kier molecular flexibility index (Phi) is 5.87. The molecule has 0 radical (unpaired) electrons. The minimum Gasteiger partial charge on any atom is -0.495 e. The predicted octanol–water partition coefficient (Wildman–Crippen LogP) is 4.19. The highest BCUT2D eigenvalue weighted by atomic mass is 16.5. The molecule has 0 unspecified atom stereocenters. The van der Waals surface area contributed by atoms with Crippen molar-refractivity contribution in [2.24, 2.45) is 0 Å². The van der Waals surface area contributed by atoms with E-state index in [1.54, 1.807) is 30.5 Å². The van der Waals surface area contributed by atoms with E-state index >= 15 is 0 Å². The van der Waals surface area contributed by atoms with Crippen LogP contribution in [0.5, 0.6) is 5.75 Å². The summed E-state index contributed by atoms with van der Waals surface area (Å²) in [5.74, 6) is 0.00800. The van der Waals surface area contributed by atoms with Gasteiger partial charge in [-0.25, -0.2) is 0 Å². The third kappa shape index (κ3) is 4.10. The number of carbonyl (C=O) groups is 1. The third-order valence-electron chi connectivity index (χ3n) is 4.34. The first-order valence-corrected chi connectivity index (χ1v) is 8.85. The second-order valence-corrected chi connectivity index (χ2v) is 6.08. The largest absolute Gasteiger partial charge is 0.495 e. The number of rotatable bonds is 6. The summed E-state index contributed by atoms with van der Waals surface area (Å²) in [5.41, 5.74) is 4.05. The average Bonchev–Trinajstić information content (AvgIpc) is 3.20. The van der Waals surface area contributed by atoms with Crippen LogP contribution in [-0.4, -0.2) is 23.2 Å². The van der Waals surface area contributed by atoms with Crippen molar-refractivity contribution in [1.82, 2.24) is 10.2 Å². The molecule has 3 aromatic rings. The van der Waals surface area contributed by atoms with Gasteiger partial charge in [0.2, 0.25) is 0 Å². The highest BCUT2D eigenvalue weighted by Gasteiger charge is 2.14. The van der Waals surface area contributed by atoms with Crippen molar-refractivity contribution in [3.05, 3.63) is 71.4 Å². The second kappa shape index (κ2) is 8.69. The van der Waals surface area contributed by atoms with E-state index in [9.17, 15) is 10.1 Å². The molecule has 0 aliphatic heterocycles. The Morgan fingerprint density at radius 2 is 2.00 bits per heavy atom. The number of methoxy groups -OCH3 is 1. The second-order valence-electron chi connectivity index (χ2n) is 6.08. The summed E-state index contributed by atoms with van der Waals surface area (Å²) in [7, 11) is 1.52. The van der Waals surface area contributed by atoms with Crippen LogP contribution in [0, 0.1) is 11.3 Å². The SMILES string of the molecule is CCc1ccc(-c2[nH]ncc2C=C(C#N)C(=O)Nc2ccccc2OC)cc1. The van der Waals surface area contributed by atoms with E-state index in [0.29, 0.717) is 17.0 Å². The zero-order valence-corrected chi connectivity index (χ0v) is 15.7. The molecule has 6 nitrogen and oxygen atoms in total. The Morgan fingerprint density at radius 3 is 2.68 bits per heavy atom. The number of hydrogen-bond donors (Lipinski definition) is 2. The van der Waals surface area contributed by atoms with Crippen molar-refractivity contribution in [1.29, 1.82) is 5.26 Å². The normalized spacial score (nSPS) is 11.0. The third-order valence-corrected chi connectivity index (χ3v) is 4.34. The number of ether oxygens (including phenoxy) is 1. The van der Waals surface area contributed by atoms with E-state index in [1.807, 2.05) is 30.3 Å². The number of carbonyl (C=O) groups excluding carboxylic acids is 1. The molecule has 1 heterocycles. The van der Waals surface area contributed by atoms with Gasteiger partial charge >= 0.3 is 0 Å². The number of nitrogens with one attached hydrogen (secondary N) is 2. The number of aromatic nitrogens is 2. The first kappa shape index (κ1) is 18.9.